The lowest BCUT2D eigenvalue weighted by molar-refractivity contribution is -0.137. The molecule has 2 amide bonds. The molecule has 20 N–H and O–H groups in total. The number of methoxy groups -OCH3 is 1. The van der Waals surface area contributed by atoms with E-state index in [9.17, 15) is 27.6 Å². The second-order valence-corrected chi connectivity index (χ2v) is 19.3. The van der Waals surface area contributed by atoms with Crippen LogP contribution in [0.5, 0.6) is 0 Å². The highest BCUT2D eigenvalue weighted by atomic mass is 32.2. The number of nitrogens with two attached hydrogens (primary N) is 5. The van der Waals surface area contributed by atoms with E-state index >= 15 is 0 Å². The fourth-order valence-electron chi connectivity index (χ4n) is 7.57. The van der Waals surface area contributed by atoms with E-state index < -0.39 is 76.4 Å². The normalized spacial score (nSPS) is 24.1. The van der Waals surface area contributed by atoms with Crippen LogP contribution in [0.1, 0.15) is 30.9 Å². The van der Waals surface area contributed by atoms with Crippen LogP contribution in [0.2, 0.25) is 0 Å². The Labute approximate surface area is 421 Å². The fourth-order valence-corrected chi connectivity index (χ4v) is 9.73. The van der Waals surface area contributed by atoms with Crippen LogP contribution in [0, 0.1) is 25.2 Å². The van der Waals surface area contributed by atoms with E-state index in [1.54, 1.807) is 25.1 Å². The first-order chi connectivity index (χ1) is 34.2. The molecule has 0 spiro atoms. The number of hydrogen-bond acceptors (Lipinski definition) is 23. The number of amides is 2. The second-order valence-electron chi connectivity index (χ2n) is 16.5. The maximum absolute atomic E-state index is 12.8. The number of aliphatic hydroxyl groups excluding tert-OH is 6. The number of rotatable bonds is 15. The fraction of sp³-hybridized carbons (Fsp3) is 0.452. The van der Waals surface area contributed by atoms with Crippen molar-refractivity contribution in [3.8, 4) is 0 Å². The number of nitrogens with zero attached hydrogens (tertiary/aromatic N) is 5. The number of hydrazone groups is 1. The maximum Gasteiger partial charge on any atom is 0.404 e. The molecule has 9 atom stereocenters. The zero-order chi connectivity index (χ0) is 54.7. The molecular formula is C42H60N14O15S2. The van der Waals surface area contributed by atoms with Gasteiger partial charge >= 0.3 is 6.09 Å². The summed E-state index contributed by atoms with van der Waals surface area (Å²) >= 11 is 1.10. The zero-order valence-corrected chi connectivity index (χ0v) is 41.6. The van der Waals surface area contributed by atoms with Gasteiger partial charge < -0.3 is 88.7 Å². The summed E-state index contributed by atoms with van der Waals surface area (Å²) in [6.45, 7) is 5.80. The van der Waals surface area contributed by atoms with Gasteiger partial charge in [0, 0.05) is 37.3 Å². The molecule has 2 aromatic rings. The van der Waals surface area contributed by atoms with Gasteiger partial charge in [-0.25, -0.2) is 10.2 Å². The summed E-state index contributed by atoms with van der Waals surface area (Å²) in [5.74, 6) is -0.551. The van der Waals surface area contributed by atoms with E-state index in [-0.39, 0.29) is 69.2 Å². The van der Waals surface area contributed by atoms with Gasteiger partial charge in [-0.05, 0) is 52.0 Å². The smallest absolute Gasteiger partial charge is 0.404 e. The Morgan fingerprint density at radius 1 is 1.00 bits per heavy atom. The average Bonchev–Trinajstić information content (AvgIpc) is 3.53. The SMILES string of the molecule is CC(/C=N/NC(=N)N)=N\N=C(N)N.CO[C@@]12[C@H](COC(N)=O)C3=C(C(=O)C(C)=C(N)C3=O)N1C[C@@H]1N[C@@H]12.Cc1ccc(S(=O)(=O)N=C2NC(=O)C(Cc3ccc(C)o3)S2)cc1.OC[C@@H](O)[C@@H](O)[C@H](O)[C@@H](O)CO. The number of Topliss-reactive ketones (excluding diaryl/α,β-unsaturated/α-hetero) is 2. The standard InChI is InChI=1S/C16H16N2O4S2.C15H18N4O5.C6H14O6.C5H12N8/c1-10-3-7-13(8-4-10)24(20,21)18-16-17-15(19)14(23-16)9-12-6-5-11(2)22-12;1-5-9(16)12(21)8-6(4-24-14(17)22)15(23-2)13-7(18-13)3-19(15)10(8)11(5)20;7-1-3(9)5(11)6(12)4(10)2-8;1-3(11-13-5(8)9)2-10-12-4(6)7/h3-8,14H,9H2,1-2H3,(H,17,18,19);6-7,13,18H,3-4,16H2,1-2H3,(H2,17,22);3-12H,1-2H2;2H,1H3,(H4,6,7,12)(H4,8,9,13)/b;;;10-2+,11-3+/t;6-,7+,13+,15-;3-,4+,5-,6-;/m.11./s1. The molecule has 73 heavy (non-hydrogen) atoms. The van der Waals surface area contributed by atoms with E-state index in [0.717, 1.165) is 23.1 Å². The van der Waals surface area contributed by atoms with Crippen molar-refractivity contribution in [3.63, 3.8) is 0 Å². The number of sulfonamides is 1. The number of piperazine rings is 1. The topological polar surface area (TPSA) is 508 Å². The van der Waals surface area contributed by atoms with Crippen LogP contribution < -0.4 is 44.7 Å². The largest absolute Gasteiger partial charge is 0.466 e. The molecule has 5 aliphatic rings. The molecular weight excluding hydrogens is 1000 g/mol. The number of ketones is 2. The minimum Gasteiger partial charge on any atom is -0.466 e. The first-order valence-corrected chi connectivity index (χ1v) is 24.0. The molecule has 3 saturated heterocycles. The van der Waals surface area contributed by atoms with Crippen LogP contribution in [0.3, 0.4) is 0 Å². The molecule has 1 aromatic carbocycles. The predicted molar refractivity (Wildman–Crippen MR) is 263 cm³/mol. The van der Waals surface area contributed by atoms with Crippen LogP contribution >= 0.6 is 11.8 Å². The zero-order valence-electron chi connectivity index (χ0n) is 40.0. The molecule has 0 saturated carbocycles. The lowest BCUT2D eigenvalue weighted by Gasteiger charge is -2.39. The van der Waals surface area contributed by atoms with Gasteiger partial charge in [0.2, 0.25) is 29.4 Å². The molecule has 7 rings (SSSR count). The monoisotopic (exact) mass is 1060 g/mol. The molecule has 0 bridgehead atoms. The first-order valence-electron chi connectivity index (χ1n) is 21.7. The van der Waals surface area contributed by atoms with Crippen molar-refractivity contribution in [2.75, 3.05) is 33.5 Å². The highest BCUT2D eigenvalue weighted by Crippen LogP contribution is 2.55. The number of benzene rings is 1. The van der Waals surface area contributed by atoms with Crippen molar-refractivity contribution in [1.29, 1.82) is 5.41 Å². The van der Waals surface area contributed by atoms with E-state index in [2.05, 4.69) is 35.8 Å². The quantitative estimate of drug-likeness (QED) is 0.0262. The number of guanidine groups is 2. The number of nitrogens with one attached hydrogen (secondary N) is 4. The molecule has 1 aliphatic carbocycles. The Bertz CT molecular complexity index is 2670. The van der Waals surface area contributed by atoms with Crippen LogP contribution in [0.4, 0.5) is 4.79 Å². The molecule has 29 nitrogen and oxygen atoms in total. The lowest BCUT2D eigenvalue weighted by Crippen LogP contribution is -2.55. The van der Waals surface area contributed by atoms with Gasteiger partial charge in [-0.1, -0.05) is 29.5 Å². The van der Waals surface area contributed by atoms with E-state index in [0.29, 0.717) is 30.1 Å². The average molecular weight is 1070 g/mol. The number of aryl methyl sites for hydroxylation is 2. The van der Waals surface area contributed by atoms with Gasteiger partial charge in [0.05, 0.1) is 58.6 Å². The molecule has 1 aromatic heterocycles. The highest BCUT2D eigenvalue weighted by Gasteiger charge is 2.72. The molecule has 5 heterocycles. The summed E-state index contributed by atoms with van der Waals surface area (Å²) in [5, 5.41) is 74.9. The molecule has 1 unspecified atom stereocenters. The van der Waals surface area contributed by atoms with Crippen LogP contribution in [-0.2, 0) is 40.3 Å². The third kappa shape index (κ3) is 14.5. The minimum atomic E-state index is -3.85. The van der Waals surface area contributed by atoms with Gasteiger partial charge in [-0.3, -0.25) is 19.8 Å². The lowest BCUT2D eigenvalue weighted by atomic mass is 9.82. The van der Waals surface area contributed by atoms with E-state index in [1.165, 1.54) is 32.4 Å². The van der Waals surface area contributed by atoms with Gasteiger partial charge in [0.1, 0.15) is 42.5 Å². The number of fused-ring (bicyclic) bond motifs is 4. The van der Waals surface area contributed by atoms with Crippen LogP contribution in [0.25, 0.3) is 0 Å². The molecule has 0 radical (unpaired) electrons. The van der Waals surface area contributed by atoms with Gasteiger partial charge in [-0.15, -0.1) is 9.50 Å². The summed E-state index contributed by atoms with van der Waals surface area (Å²) in [5.41, 5.74) is 29.3. The number of carbonyl (C=O) groups is 4. The van der Waals surface area contributed by atoms with Gasteiger partial charge in [-0.2, -0.15) is 18.6 Å². The number of aliphatic hydroxyl groups is 6. The predicted octanol–water partition coefficient (Wildman–Crippen LogP) is -4.72. The summed E-state index contributed by atoms with van der Waals surface area (Å²) in [6, 6.07) is 10.1. The van der Waals surface area contributed by atoms with Crippen molar-refractivity contribution in [2.24, 2.45) is 54.3 Å². The summed E-state index contributed by atoms with van der Waals surface area (Å²) in [7, 11) is -2.33. The number of primary amides is 1. The Kier molecular flexibility index (Phi) is 20.3. The first kappa shape index (κ1) is 58.8. The number of carbonyl (C=O) groups excluding carboxylic acids is 4. The van der Waals surface area contributed by atoms with Gasteiger partial charge in [0.25, 0.3) is 10.0 Å². The van der Waals surface area contributed by atoms with Crippen LogP contribution in [-0.4, -0.2) is 177 Å². The number of ether oxygens (including phenoxy) is 2. The van der Waals surface area contributed by atoms with E-state index in [4.69, 9.17) is 78.6 Å². The number of furan rings is 1. The molecule has 31 heteroatoms. The summed E-state index contributed by atoms with van der Waals surface area (Å²) in [4.78, 5) is 50.5. The minimum absolute atomic E-state index is 0.0586. The Morgan fingerprint density at radius 3 is 2.14 bits per heavy atom. The summed E-state index contributed by atoms with van der Waals surface area (Å²) < 4.78 is 44.6. The van der Waals surface area contributed by atoms with Crippen molar-refractivity contribution in [3.05, 3.63) is 76.0 Å². The summed E-state index contributed by atoms with van der Waals surface area (Å²) in [6.07, 6.45) is -5.63. The van der Waals surface area contributed by atoms with Gasteiger partial charge in [0.15, 0.2) is 10.9 Å². The van der Waals surface area contributed by atoms with Crippen molar-refractivity contribution >= 4 is 74.4 Å². The number of amidine groups is 1. The third-order valence-electron chi connectivity index (χ3n) is 11.2. The Morgan fingerprint density at radius 2 is 1.62 bits per heavy atom. The number of thioether (sulfide) groups is 1. The number of hydrogen-bond donors (Lipinski definition) is 15. The van der Waals surface area contributed by atoms with Crippen molar-refractivity contribution in [1.82, 2.24) is 21.0 Å². The Balaban J connectivity index is 0.000000222. The third-order valence-corrected chi connectivity index (χ3v) is 13.7. The van der Waals surface area contributed by atoms with Crippen molar-refractivity contribution in [2.45, 2.75) is 86.5 Å². The van der Waals surface area contributed by atoms with Crippen LogP contribution in [0.15, 0.2) is 88.0 Å². The highest BCUT2D eigenvalue weighted by molar-refractivity contribution is 8.16. The number of allylic oxidation sites excluding steroid dienone is 2. The molecule has 3 fully saturated rings. The molecule has 400 valence electrons. The van der Waals surface area contributed by atoms with E-state index in [1.807, 2.05) is 24.8 Å². The van der Waals surface area contributed by atoms with Crippen molar-refractivity contribution < 1.29 is 72.1 Å². The Hall–Kier alpha value is -6.81. The maximum atomic E-state index is 12.8. The second kappa shape index (κ2) is 25.2. The molecule has 4 aliphatic heterocycles.